The van der Waals surface area contributed by atoms with Gasteiger partial charge in [-0.3, -0.25) is 9.32 Å². The summed E-state index contributed by atoms with van der Waals surface area (Å²) in [4.78, 5) is 12.5. The van der Waals surface area contributed by atoms with Crippen LogP contribution >= 0.6 is 8.24 Å². The molecule has 1 unspecified atom stereocenters. The fourth-order valence-corrected chi connectivity index (χ4v) is 6.61. The van der Waals surface area contributed by atoms with Crippen LogP contribution in [-0.4, -0.2) is 18.7 Å². The van der Waals surface area contributed by atoms with Gasteiger partial charge < -0.3 is 13.1 Å². The predicted octanol–water partition coefficient (Wildman–Crippen LogP) is 10.5. The van der Waals surface area contributed by atoms with Gasteiger partial charge in [0, 0.05) is 10.8 Å². The van der Waals surface area contributed by atoms with Gasteiger partial charge in [0.05, 0.1) is 19.1 Å². The van der Waals surface area contributed by atoms with Crippen LogP contribution in [0.2, 0.25) is 0 Å². The molecule has 5 nitrogen and oxygen atoms in total. The van der Waals surface area contributed by atoms with E-state index in [2.05, 4.69) is 55.5 Å². The van der Waals surface area contributed by atoms with Crippen molar-refractivity contribution in [2.75, 3.05) is 6.61 Å². The molecule has 1 heterocycles. The fraction of sp³-hybridized carbons (Fsp3) is 0.382. The van der Waals surface area contributed by atoms with Crippen LogP contribution in [0, 0.1) is 0 Å². The van der Waals surface area contributed by atoms with Gasteiger partial charge in [-0.2, -0.15) is 0 Å². The molecule has 5 aromatic rings. The molecule has 5 rings (SSSR count). The van der Waals surface area contributed by atoms with Crippen LogP contribution in [0.25, 0.3) is 43.5 Å². The van der Waals surface area contributed by atoms with Gasteiger partial charge >= 0.3 is 14.2 Å². The molecular weight excluding hydrogens is 519 g/mol. The highest BCUT2D eigenvalue weighted by Gasteiger charge is 2.20. The number of carbonyl (C=O) groups excluding carboxylic acids is 1. The average molecular weight is 559 g/mol. The maximum atomic E-state index is 12.5. The fourth-order valence-electron chi connectivity index (χ4n) is 5.44. The number of fused-ring (bicyclic) bond motifs is 7. The van der Waals surface area contributed by atoms with Gasteiger partial charge in [0.25, 0.3) is 0 Å². The van der Waals surface area contributed by atoms with Crippen molar-refractivity contribution >= 4 is 57.7 Å². The first kappa shape index (κ1) is 28.3. The number of unbranched alkanes of at least 4 members (excludes halogenated alkanes) is 6. The standard InChI is InChI=1S/C34H39O5P/c1-3-5-6-7-8-9-10-17-27(24-32(35)36-4-2)37-40-38-30-22-20-25-15-11-13-18-28(25)33(30)34-29-19-14-12-16-26(29)21-23-31(34)39-40/h11-16,18-23,27H,3-10,17,24H2,1-2H3. The van der Waals surface area contributed by atoms with Crippen molar-refractivity contribution in [1.29, 1.82) is 0 Å². The number of hydrogen-bond donors (Lipinski definition) is 0. The van der Waals surface area contributed by atoms with Crippen molar-refractivity contribution in [3.8, 4) is 0 Å². The van der Waals surface area contributed by atoms with Crippen molar-refractivity contribution in [3.05, 3.63) is 72.8 Å². The van der Waals surface area contributed by atoms with E-state index >= 15 is 0 Å². The topological polar surface area (TPSA) is 61.8 Å². The van der Waals surface area contributed by atoms with E-state index < -0.39 is 8.24 Å². The number of benzene rings is 4. The molecule has 0 saturated carbocycles. The first-order chi connectivity index (χ1) is 19.7. The maximum absolute atomic E-state index is 12.5. The summed E-state index contributed by atoms with van der Waals surface area (Å²) in [5, 5.41) is 6.48. The molecule has 0 aliphatic heterocycles. The van der Waals surface area contributed by atoms with Crippen molar-refractivity contribution in [2.24, 2.45) is 0 Å². The smallest absolute Gasteiger partial charge is 0.387 e. The molecule has 0 fully saturated rings. The summed E-state index contributed by atoms with van der Waals surface area (Å²) < 4.78 is 24.8. The summed E-state index contributed by atoms with van der Waals surface area (Å²) in [5.74, 6) is -0.252. The molecule has 1 aromatic heterocycles. The van der Waals surface area contributed by atoms with Crippen molar-refractivity contribution in [2.45, 2.75) is 77.7 Å². The Balaban J connectivity index is 1.54. The van der Waals surface area contributed by atoms with Gasteiger partial charge in [0.1, 0.15) is 11.2 Å². The Bertz CT molecular complexity index is 1520. The quantitative estimate of drug-likeness (QED) is 0.106. The molecule has 0 saturated heterocycles. The lowest BCUT2D eigenvalue weighted by atomic mass is 9.99. The van der Waals surface area contributed by atoms with Gasteiger partial charge in [0.15, 0.2) is 0 Å². The summed E-state index contributed by atoms with van der Waals surface area (Å²) >= 11 is 0. The first-order valence-corrected chi connectivity index (χ1v) is 15.8. The zero-order valence-corrected chi connectivity index (χ0v) is 24.5. The molecule has 4 aromatic carbocycles. The maximum Gasteiger partial charge on any atom is 0.387 e. The van der Waals surface area contributed by atoms with Crippen LogP contribution < -0.4 is 4.52 Å². The third kappa shape index (κ3) is 6.71. The van der Waals surface area contributed by atoms with E-state index in [1.165, 1.54) is 32.1 Å². The van der Waals surface area contributed by atoms with Crippen LogP contribution in [-0.2, 0) is 9.53 Å². The van der Waals surface area contributed by atoms with Gasteiger partial charge in [-0.05, 0) is 47.0 Å². The van der Waals surface area contributed by atoms with E-state index in [1.54, 1.807) is 0 Å². The van der Waals surface area contributed by atoms with E-state index in [-0.39, 0.29) is 18.5 Å². The Labute approximate surface area is 237 Å². The Hall–Kier alpha value is -3.27. The van der Waals surface area contributed by atoms with Crippen LogP contribution in [0.3, 0.4) is 0 Å². The Kier molecular flexibility index (Phi) is 9.81. The minimum Gasteiger partial charge on any atom is -0.466 e. The number of carbonyl (C=O) groups is 1. The predicted molar refractivity (Wildman–Crippen MR) is 166 cm³/mol. The molecule has 0 aliphatic rings. The van der Waals surface area contributed by atoms with E-state index in [0.29, 0.717) is 6.61 Å². The van der Waals surface area contributed by atoms with Gasteiger partial charge in [0.2, 0.25) is 0 Å². The largest absolute Gasteiger partial charge is 0.466 e. The van der Waals surface area contributed by atoms with Crippen LogP contribution in [0.1, 0.15) is 71.6 Å². The second-order valence-electron chi connectivity index (χ2n) is 10.4. The van der Waals surface area contributed by atoms with Crippen LogP contribution in [0.4, 0.5) is 0 Å². The molecule has 0 bridgehead atoms. The lowest BCUT2D eigenvalue weighted by Crippen LogP contribution is -2.21. The zero-order valence-electron chi connectivity index (χ0n) is 23.6. The SMILES string of the molecule is CCCCCCCCCC(CC(=O)OCC)Op1oc2ccc3ccccc3c2c2c(ccc3ccccc32)o1. The third-order valence-corrected chi connectivity index (χ3v) is 8.60. The van der Waals surface area contributed by atoms with Crippen molar-refractivity contribution in [1.82, 2.24) is 0 Å². The molecule has 0 spiro atoms. The zero-order chi connectivity index (χ0) is 27.7. The third-order valence-electron chi connectivity index (χ3n) is 7.44. The van der Waals surface area contributed by atoms with Crippen molar-refractivity contribution in [3.63, 3.8) is 0 Å². The molecule has 1 atom stereocenters. The van der Waals surface area contributed by atoms with Crippen LogP contribution in [0.5, 0.6) is 0 Å². The summed E-state index contributed by atoms with van der Waals surface area (Å²) in [7, 11) is -1.80. The summed E-state index contributed by atoms with van der Waals surface area (Å²) in [6, 6.07) is 24.8. The molecule has 210 valence electrons. The number of ether oxygens (including phenoxy) is 1. The number of rotatable bonds is 13. The molecule has 0 aliphatic carbocycles. The number of hydrogen-bond acceptors (Lipinski definition) is 5. The Morgan fingerprint density at radius 1 is 0.725 bits per heavy atom. The van der Waals surface area contributed by atoms with Gasteiger partial charge in [-0.15, -0.1) is 0 Å². The van der Waals surface area contributed by atoms with E-state index in [4.69, 9.17) is 17.7 Å². The lowest BCUT2D eigenvalue weighted by molar-refractivity contribution is -0.144. The highest BCUT2D eigenvalue weighted by molar-refractivity contribution is 7.31. The van der Waals surface area contributed by atoms with Gasteiger partial charge in [-0.1, -0.05) is 113 Å². The van der Waals surface area contributed by atoms with Crippen LogP contribution in [0.15, 0.2) is 81.2 Å². The molecule has 0 amide bonds. The second-order valence-corrected chi connectivity index (χ2v) is 11.4. The van der Waals surface area contributed by atoms with E-state index in [0.717, 1.165) is 62.7 Å². The summed E-state index contributed by atoms with van der Waals surface area (Å²) in [5.41, 5.74) is 1.46. The highest BCUT2D eigenvalue weighted by Crippen LogP contribution is 2.41. The molecule has 6 heteroatoms. The minimum absolute atomic E-state index is 0.185. The first-order valence-electron chi connectivity index (χ1n) is 14.7. The summed E-state index contributed by atoms with van der Waals surface area (Å²) in [6.45, 7) is 4.42. The van der Waals surface area contributed by atoms with Gasteiger partial charge in [-0.25, -0.2) is 0 Å². The van der Waals surface area contributed by atoms with Crippen molar-refractivity contribution < 1.29 is 22.4 Å². The Morgan fingerprint density at radius 2 is 1.27 bits per heavy atom. The molecule has 0 radical (unpaired) electrons. The minimum atomic E-state index is -1.80. The lowest BCUT2D eigenvalue weighted by Gasteiger charge is -2.15. The molecule has 0 N–H and O–H groups in total. The average Bonchev–Trinajstić information content (AvgIpc) is 3.13. The van der Waals surface area contributed by atoms with E-state index in [9.17, 15) is 4.79 Å². The monoisotopic (exact) mass is 558 g/mol. The second kappa shape index (κ2) is 13.9. The molecular formula is C34H39O5P. The normalized spacial score (nSPS) is 12.3. The van der Waals surface area contributed by atoms with E-state index in [1.807, 2.05) is 31.2 Å². The number of esters is 1. The highest BCUT2D eigenvalue weighted by atomic mass is 31.1. The Morgan fingerprint density at radius 3 is 1.85 bits per heavy atom. The molecule has 40 heavy (non-hydrogen) atoms. The summed E-state index contributed by atoms with van der Waals surface area (Å²) in [6.07, 6.45) is 8.99.